The molecule has 0 heterocycles. The summed E-state index contributed by atoms with van der Waals surface area (Å²) in [7, 11) is 1.56. The molecule has 1 rings (SSSR count). The average molecular weight is 287 g/mol. The first kappa shape index (κ1) is 15.5. The number of methoxy groups -OCH3 is 1. The fourth-order valence-corrected chi connectivity index (χ4v) is 2.03. The van der Waals surface area contributed by atoms with Crippen molar-refractivity contribution < 1.29 is 23.8 Å². The normalized spacial score (nSPS) is 10.2. The number of hydrogen-bond acceptors (Lipinski definition) is 4. The molecule has 0 saturated heterocycles. The number of benzene rings is 1. The summed E-state index contributed by atoms with van der Waals surface area (Å²) >= 11 is 1.35. The van der Waals surface area contributed by atoms with Crippen molar-refractivity contribution in [3.05, 3.63) is 29.6 Å². The number of rotatable bonds is 7. The number of hydrogen-bond donors (Lipinski definition) is 2. The lowest BCUT2D eigenvalue weighted by Crippen LogP contribution is -2.18. The van der Waals surface area contributed by atoms with Crippen LogP contribution >= 0.6 is 11.8 Å². The Balaban J connectivity index is 2.64. The van der Waals surface area contributed by atoms with Crippen molar-refractivity contribution in [1.82, 2.24) is 0 Å². The first-order chi connectivity index (χ1) is 9.06. The maximum Gasteiger partial charge on any atom is 0.340 e. The van der Waals surface area contributed by atoms with E-state index in [1.165, 1.54) is 23.9 Å². The lowest BCUT2D eigenvalue weighted by molar-refractivity contribution is -0.113. The maximum atomic E-state index is 13.3. The lowest BCUT2D eigenvalue weighted by atomic mass is 10.1. The highest BCUT2D eigenvalue weighted by Gasteiger charge is 2.17. The van der Waals surface area contributed by atoms with Crippen LogP contribution in [0.1, 0.15) is 10.4 Å². The summed E-state index contributed by atoms with van der Waals surface area (Å²) in [6.45, 7) is 0.526. The monoisotopic (exact) mass is 287 g/mol. The first-order valence-corrected chi connectivity index (χ1v) is 6.60. The fraction of sp³-hybridized carbons (Fsp3) is 0.333. The van der Waals surface area contributed by atoms with Gasteiger partial charge in [-0.2, -0.15) is 0 Å². The van der Waals surface area contributed by atoms with E-state index in [1.807, 2.05) is 0 Å². The van der Waals surface area contributed by atoms with E-state index in [0.29, 0.717) is 12.4 Å². The second kappa shape index (κ2) is 7.75. The van der Waals surface area contributed by atoms with Gasteiger partial charge in [-0.1, -0.05) is 6.07 Å². The standard InChI is InChI=1S/C12H14FNO4S/c1-18-5-6-19-7-10(15)14-9-4-2-3-8(13)11(9)12(16)17/h2-4H,5-7H2,1H3,(H,14,15)(H,16,17). The minimum atomic E-state index is -1.42. The summed E-state index contributed by atoms with van der Waals surface area (Å²) in [5.74, 6) is -1.87. The Morgan fingerprint density at radius 2 is 2.21 bits per heavy atom. The molecule has 0 saturated carbocycles. The molecule has 7 heteroatoms. The number of carbonyl (C=O) groups excluding carboxylic acids is 1. The van der Waals surface area contributed by atoms with E-state index in [4.69, 9.17) is 9.84 Å². The molecule has 0 aliphatic rings. The van der Waals surface area contributed by atoms with Gasteiger partial charge in [0.2, 0.25) is 5.91 Å². The molecule has 0 atom stereocenters. The van der Waals surface area contributed by atoms with E-state index in [9.17, 15) is 14.0 Å². The zero-order chi connectivity index (χ0) is 14.3. The van der Waals surface area contributed by atoms with E-state index in [0.717, 1.165) is 6.07 Å². The van der Waals surface area contributed by atoms with Crippen LogP contribution in [0.15, 0.2) is 18.2 Å². The van der Waals surface area contributed by atoms with Gasteiger partial charge >= 0.3 is 5.97 Å². The Labute approximate surface area is 114 Å². The van der Waals surface area contributed by atoms with Gasteiger partial charge in [0.05, 0.1) is 18.0 Å². The molecule has 2 N–H and O–H groups in total. The molecule has 1 aromatic carbocycles. The quantitative estimate of drug-likeness (QED) is 0.748. The van der Waals surface area contributed by atoms with Crippen LogP contribution in [0.4, 0.5) is 10.1 Å². The lowest BCUT2D eigenvalue weighted by Gasteiger charge is -2.08. The molecule has 0 radical (unpaired) electrons. The van der Waals surface area contributed by atoms with Crippen LogP contribution < -0.4 is 5.32 Å². The maximum absolute atomic E-state index is 13.3. The number of carboxylic acid groups (broad SMARTS) is 1. The van der Waals surface area contributed by atoms with E-state index in [2.05, 4.69) is 5.32 Å². The Morgan fingerprint density at radius 3 is 2.84 bits per heavy atom. The van der Waals surface area contributed by atoms with Crippen LogP contribution in [0.5, 0.6) is 0 Å². The number of carbonyl (C=O) groups is 2. The number of anilines is 1. The summed E-state index contributed by atoms with van der Waals surface area (Å²) in [5, 5.41) is 11.3. The smallest absolute Gasteiger partial charge is 0.340 e. The van der Waals surface area contributed by atoms with Crippen LogP contribution in [0.25, 0.3) is 0 Å². The number of nitrogens with one attached hydrogen (secondary N) is 1. The molecule has 0 bridgehead atoms. The van der Waals surface area contributed by atoms with E-state index >= 15 is 0 Å². The van der Waals surface area contributed by atoms with E-state index in [-0.39, 0.29) is 17.3 Å². The Hall–Kier alpha value is -1.60. The zero-order valence-electron chi connectivity index (χ0n) is 10.3. The molecular formula is C12H14FNO4S. The van der Waals surface area contributed by atoms with Gasteiger partial charge in [-0.25, -0.2) is 9.18 Å². The van der Waals surface area contributed by atoms with Crippen molar-refractivity contribution in [3.63, 3.8) is 0 Å². The number of aromatic carboxylic acids is 1. The number of halogens is 1. The molecule has 0 unspecified atom stereocenters. The highest BCUT2D eigenvalue weighted by Crippen LogP contribution is 2.19. The Morgan fingerprint density at radius 1 is 1.47 bits per heavy atom. The molecule has 19 heavy (non-hydrogen) atoms. The third-order valence-corrected chi connectivity index (χ3v) is 3.09. The molecule has 5 nitrogen and oxygen atoms in total. The topological polar surface area (TPSA) is 75.6 Å². The van der Waals surface area contributed by atoms with Crippen LogP contribution in [0, 0.1) is 5.82 Å². The highest BCUT2D eigenvalue weighted by molar-refractivity contribution is 7.99. The van der Waals surface area contributed by atoms with Crippen molar-refractivity contribution >= 4 is 29.3 Å². The van der Waals surface area contributed by atoms with E-state index in [1.54, 1.807) is 7.11 Å². The SMILES string of the molecule is COCCSCC(=O)Nc1cccc(F)c1C(=O)O. The van der Waals surface area contributed by atoms with E-state index < -0.39 is 17.3 Å². The van der Waals surface area contributed by atoms with Gasteiger partial charge in [-0.05, 0) is 12.1 Å². The van der Waals surface area contributed by atoms with Gasteiger partial charge in [0.25, 0.3) is 0 Å². The number of thioether (sulfide) groups is 1. The van der Waals surface area contributed by atoms with Crippen molar-refractivity contribution in [3.8, 4) is 0 Å². The molecule has 1 aromatic rings. The molecule has 0 aromatic heterocycles. The predicted molar refractivity (Wildman–Crippen MR) is 71.2 cm³/mol. The Bertz CT molecular complexity index is 467. The summed E-state index contributed by atoms with van der Waals surface area (Å²) in [5.41, 5.74) is -0.567. The van der Waals surface area contributed by atoms with Crippen LogP contribution in [0.2, 0.25) is 0 Å². The largest absolute Gasteiger partial charge is 0.478 e. The van der Waals surface area contributed by atoms with Gasteiger partial charge < -0.3 is 15.2 Å². The number of ether oxygens (including phenoxy) is 1. The van der Waals surface area contributed by atoms with Crippen molar-refractivity contribution in [2.24, 2.45) is 0 Å². The molecule has 0 aliphatic carbocycles. The van der Waals surface area contributed by atoms with Crippen LogP contribution in [0.3, 0.4) is 0 Å². The fourth-order valence-electron chi connectivity index (χ4n) is 1.34. The second-order valence-corrected chi connectivity index (χ2v) is 4.67. The van der Waals surface area contributed by atoms with Gasteiger partial charge in [-0.3, -0.25) is 4.79 Å². The molecule has 0 spiro atoms. The molecule has 104 valence electrons. The highest BCUT2D eigenvalue weighted by atomic mass is 32.2. The average Bonchev–Trinajstić information content (AvgIpc) is 2.34. The van der Waals surface area contributed by atoms with Crippen molar-refractivity contribution in [2.75, 3.05) is 30.5 Å². The molecular weight excluding hydrogens is 273 g/mol. The van der Waals surface area contributed by atoms with Gasteiger partial charge in [-0.15, -0.1) is 11.8 Å². The van der Waals surface area contributed by atoms with Crippen LogP contribution in [-0.2, 0) is 9.53 Å². The predicted octanol–water partition coefficient (Wildman–Crippen LogP) is 1.84. The van der Waals surface area contributed by atoms with Crippen molar-refractivity contribution in [2.45, 2.75) is 0 Å². The minimum absolute atomic E-state index is 0.0372. The van der Waals surface area contributed by atoms with Gasteiger partial charge in [0, 0.05) is 12.9 Å². The molecule has 0 fully saturated rings. The molecule has 1 amide bonds. The summed E-state index contributed by atoms with van der Waals surface area (Å²) in [6.07, 6.45) is 0. The minimum Gasteiger partial charge on any atom is -0.478 e. The number of carboxylic acids is 1. The third kappa shape index (κ3) is 4.88. The summed E-state index contributed by atoms with van der Waals surface area (Å²) < 4.78 is 18.2. The zero-order valence-corrected chi connectivity index (χ0v) is 11.1. The first-order valence-electron chi connectivity index (χ1n) is 5.44. The van der Waals surface area contributed by atoms with Crippen LogP contribution in [-0.4, -0.2) is 42.2 Å². The third-order valence-electron chi connectivity index (χ3n) is 2.17. The number of amides is 1. The van der Waals surface area contributed by atoms with Gasteiger partial charge in [0.1, 0.15) is 11.4 Å². The summed E-state index contributed by atoms with van der Waals surface area (Å²) in [6, 6.07) is 3.73. The second-order valence-electron chi connectivity index (χ2n) is 3.56. The molecule has 0 aliphatic heterocycles. The summed E-state index contributed by atoms with van der Waals surface area (Å²) in [4.78, 5) is 22.5. The van der Waals surface area contributed by atoms with Gasteiger partial charge in [0.15, 0.2) is 0 Å². The van der Waals surface area contributed by atoms with Crippen molar-refractivity contribution in [1.29, 1.82) is 0 Å². The Kier molecular flexibility index (Phi) is 6.31.